The molecule has 1 aliphatic heterocycles. The Morgan fingerprint density at radius 2 is 2.10 bits per heavy atom. The Balaban J connectivity index is 1.84. The van der Waals surface area contributed by atoms with Gasteiger partial charge in [-0.1, -0.05) is 29.3 Å². The van der Waals surface area contributed by atoms with Crippen LogP contribution in [0, 0.1) is 0 Å². The lowest BCUT2D eigenvalue weighted by Gasteiger charge is -2.09. The predicted octanol–water partition coefficient (Wildman–Crippen LogP) is 3.35. The number of aromatic nitrogens is 1. The molecular formula is C13H11Cl2N3OS. The number of nitrogens with one attached hydrogen (secondary N) is 2. The van der Waals surface area contributed by atoms with Gasteiger partial charge in [0.15, 0.2) is 5.13 Å². The summed E-state index contributed by atoms with van der Waals surface area (Å²) in [5, 5.41) is 7.29. The highest BCUT2D eigenvalue weighted by Gasteiger charge is 2.19. The van der Waals surface area contributed by atoms with E-state index in [4.69, 9.17) is 23.2 Å². The SMILES string of the molecule is O=C(Nc1nc2c(s1)CNCC2)c1c(Cl)cccc1Cl. The standard InChI is InChI=1S/C13H11Cl2N3OS/c14-7-2-1-3-8(15)11(7)12(19)18-13-17-9-4-5-16-6-10(9)20-13/h1-3,16H,4-6H2,(H,17,18,19). The van der Waals surface area contributed by atoms with Crippen molar-refractivity contribution in [3.05, 3.63) is 44.4 Å². The summed E-state index contributed by atoms with van der Waals surface area (Å²) in [6.07, 6.45) is 0.883. The third-order valence-corrected chi connectivity index (χ3v) is 4.66. The van der Waals surface area contributed by atoms with Crippen molar-refractivity contribution in [2.24, 2.45) is 0 Å². The van der Waals surface area contributed by atoms with Crippen molar-refractivity contribution >= 4 is 45.6 Å². The smallest absolute Gasteiger partial charge is 0.260 e. The van der Waals surface area contributed by atoms with Gasteiger partial charge in [0.1, 0.15) is 0 Å². The molecule has 0 spiro atoms. The van der Waals surface area contributed by atoms with Crippen molar-refractivity contribution in [2.75, 3.05) is 11.9 Å². The topological polar surface area (TPSA) is 54.0 Å². The lowest BCUT2D eigenvalue weighted by atomic mass is 10.2. The van der Waals surface area contributed by atoms with Crippen LogP contribution in [0.2, 0.25) is 10.0 Å². The first-order chi connectivity index (χ1) is 9.65. The highest BCUT2D eigenvalue weighted by molar-refractivity contribution is 7.15. The fourth-order valence-corrected chi connectivity index (χ4v) is 3.60. The Morgan fingerprint density at radius 1 is 1.35 bits per heavy atom. The van der Waals surface area contributed by atoms with E-state index < -0.39 is 0 Å². The van der Waals surface area contributed by atoms with E-state index in [0.29, 0.717) is 15.2 Å². The van der Waals surface area contributed by atoms with E-state index in [0.717, 1.165) is 30.1 Å². The van der Waals surface area contributed by atoms with Gasteiger partial charge in [0, 0.05) is 24.4 Å². The number of anilines is 1. The zero-order valence-corrected chi connectivity index (χ0v) is 12.7. The van der Waals surface area contributed by atoms with Gasteiger partial charge in [-0.3, -0.25) is 10.1 Å². The van der Waals surface area contributed by atoms with Crippen LogP contribution in [0.3, 0.4) is 0 Å². The zero-order valence-electron chi connectivity index (χ0n) is 10.4. The number of carbonyl (C=O) groups is 1. The van der Waals surface area contributed by atoms with Gasteiger partial charge in [-0.25, -0.2) is 4.98 Å². The maximum atomic E-state index is 12.2. The van der Waals surface area contributed by atoms with Crippen LogP contribution >= 0.6 is 34.5 Å². The van der Waals surface area contributed by atoms with Crippen LogP contribution in [0.4, 0.5) is 5.13 Å². The van der Waals surface area contributed by atoms with Crippen LogP contribution in [0.15, 0.2) is 18.2 Å². The lowest BCUT2D eigenvalue weighted by Crippen LogP contribution is -2.22. The largest absolute Gasteiger partial charge is 0.311 e. The molecule has 0 fully saturated rings. The summed E-state index contributed by atoms with van der Waals surface area (Å²) < 4.78 is 0. The summed E-state index contributed by atoms with van der Waals surface area (Å²) in [5.41, 5.74) is 1.33. The fourth-order valence-electron chi connectivity index (χ4n) is 2.05. The van der Waals surface area contributed by atoms with Crippen molar-refractivity contribution in [3.63, 3.8) is 0 Å². The van der Waals surface area contributed by atoms with Crippen molar-refractivity contribution in [1.29, 1.82) is 0 Å². The van der Waals surface area contributed by atoms with E-state index in [2.05, 4.69) is 15.6 Å². The average Bonchev–Trinajstić information content (AvgIpc) is 2.80. The maximum absolute atomic E-state index is 12.2. The monoisotopic (exact) mass is 327 g/mol. The number of hydrogen-bond donors (Lipinski definition) is 2. The van der Waals surface area contributed by atoms with Crippen molar-refractivity contribution in [3.8, 4) is 0 Å². The lowest BCUT2D eigenvalue weighted by molar-refractivity contribution is 0.102. The second-order valence-corrected chi connectivity index (χ2v) is 6.26. The van der Waals surface area contributed by atoms with Crippen LogP contribution < -0.4 is 10.6 Å². The van der Waals surface area contributed by atoms with Gasteiger partial charge in [-0.05, 0) is 12.1 Å². The Bertz CT molecular complexity index is 628. The first-order valence-electron chi connectivity index (χ1n) is 6.10. The van der Waals surface area contributed by atoms with Crippen LogP contribution in [-0.4, -0.2) is 17.4 Å². The number of fused-ring (bicyclic) bond motifs is 1. The second kappa shape index (κ2) is 5.69. The molecule has 0 atom stereocenters. The zero-order chi connectivity index (χ0) is 14.1. The molecule has 1 aromatic carbocycles. The van der Waals surface area contributed by atoms with Crippen molar-refractivity contribution in [2.45, 2.75) is 13.0 Å². The first-order valence-corrected chi connectivity index (χ1v) is 7.67. The number of benzene rings is 1. The summed E-state index contributed by atoms with van der Waals surface area (Å²) in [6, 6.07) is 4.98. The summed E-state index contributed by atoms with van der Waals surface area (Å²) in [6.45, 7) is 1.72. The molecule has 4 nitrogen and oxygen atoms in total. The van der Waals surface area contributed by atoms with Crippen LogP contribution in [0.5, 0.6) is 0 Å². The number of carbonyl (C=O) groups excluding carboxylic acids is 1. The minimum absolute atomic E-state index is 0.280. The molecule has 0 radical (unpaired) electrons. The molecule has 1 amide bonds. The molecule has 1 aliphatic rings. The van der Waals surface area contributed by atoms with Crippen LogP contribution in [0.1, 0.15) is 20.9 Å². The van der Waals surface area contributed by atoms with E-state index in [1.54, 1.807) is 18.2 Å². The molecular weight excluding hydrogens is 317 g/mol. The third-order valence-electron chi connectivity index (χ3n) is 3.01. The molecule has 1 aromatic heterocycles. The average molecular weight is 328 g/mol. The molecule has 7 heteroatoms. The second-order valence-electron chi connectivity index (χ2n) is 4.37. The van der Waals surface area contributed by atoms with E-state index in [9.17, 15) is 4.79 Å². The Hall–Kier alpha value is -1.14. The quantitative estimate of drug-likeness (QED) is 0.889. The van der Waals surface area contributed by atoms with Crippen molar-refractivity contribution < 1.29 is 4.79 Å². The molecule has 0 saturated heterocycles. The maximum Gasteiger partial charge on any atom is 0.260 e. The Kier molecular flexibility index (Phi) is 3.94. The number of rotatable bonds is 2. The van der Waals surface area contributed by atoms with Crippen LogP contribution in [-0.2, 0) is 13.0 Å². The minimum atomic E-state index is -0.334. The van der Waals surface area contributed by atoms with Gasteiger partial charge in [-0.2, -0.15) is 0 Å². The van der Waals surface area contributed by atoms with E-state index >= 15 is 0 Å². The Labute approximate surface area is 130 Å². The van der Waals surface area contributed by atoms with Gasteiger partial charge < -0.3 is 5.32 Å². The summed E-state index contributed by atoms with van der Waals surface area (Å²) in [5.74, 6) is -0.334. The molecule has 3 rings (SSSR count). The Morgan fingerprint density at radius 3 is 2.80 bits per heavy atom. The van der Waals surface area contributed by atoms with E-state index in [-0.39, 0.29) is 11.5 Å². The molecule has 20 heavy (non-hydrogen) atoms. The van der Waals surface area contributed by atoms with Gasteiger partial charge >= 0.3 is 0 Å². The number of thiazole rings is 1. The van der Waals surface area contributed by atoms with Crippen molar-refractivity contribution in [1.82, 2.24) is 10.3 Å². The van der Waals surface area contributed by atoms with E-state index in [1.807, 2.05) is 0 Å². The molecule has 2 aromatic rings. The summed E-state index contributed by atoms with van der Waals surface area (Å²) in [4.78, 5) is 17.8. The molecule has 0 saturated carbocycles. The summed E-state index contributed by atoms with van der Waals surface area (Å²) in [7, 11) is 0. The highest BCUT2D eigenvalue weighted by atomic mass is 35.5. The van der Waals surface area contributed by atoms with E-state index in [1.165, 1.54) is 11.3 Å². The molecule has 2 N–H and O–H groups in total. The summed E-state index contributed by atoms with van der Waals surface area (Å²) >= 11 is 13.5. The number of halogens is 2. The minimum Gasteiger partial charge on any atom is -0.311 e. The molecule has 0 aliphatic carbocycles. The van der Waals surface area contributed by atoms with Gasteiger partial charge in [0.2, 0.25) is 0 Å². The highest BCUT2D eigenvalue weighted by Crippen LogP contribution is 2.28. The third kappa shape index (κ3) is 2.67. The molecule has 0 bridgehead atoms. The predicted molar refractivity (Wildman–Crippen MR) is 81.9 cm³/mol. The fraction of sp³-hybridized carbons (Fsp3) is 0.231. The van der Waals surface area contributed by atoms with Gasteiger partial charge in [0.25, 0.3) is 5.91 Å². The van der Waals surface area contributed by atoms with Gasteiger partial charge in [-0.15, -0.1) is 11.3 Å². The van der Waals surface area contributed by atoms with Gasteiger partial charge in [0.05, 0.1) is 21.3 Å². The molecule has 2 heterocycles. The molecule has 0 unspecified atom stereocenters. The number of nitrogens with zero attached hydrogens (tertiary/aromatic N) is 1. The molecule has 104 valence electrons. The number of hydrogen-bond acceptors (Lipinski definition) is 4. The number of amides is 1. The normalized spacial score (nSPS) is 13.9. The first kappa shape index (κ1) is 13.8. The van der Waals surface area contributed by atoms with Crippen LogP contribution in [0.25, 0.3) is 0 Å².